The number of benzene rings is 1. The smallest absolute Gasteiger partial charge is 0.257 e. The molecule has 1 heterocycles. The van der Waals surface area contributed by atoms with Gasteiger partial charge < -0.3 is 4.90 Å². The topological polar surface area (TPSA) is 57.7 Å². The minimum Gasteiger partial charge on any atom is -0.327 e. The maximum atomic E-state index is 13.2. The van der Waals surface area contributed by atoms with Crippen LogP contribution in [-0.4, -0.2) is 34.7 Å². The SMILES string of the molecule is CC(C)c1ccc(N2C(=O)CC(N(C(=O)C3CCCCC3)C3CC3)C2=O)cc1. The Bertz CT molecular complexity index is 761. The van der Waals surface area contributed by atoms with Crippen LogP contribution in [0.2, 0.25) is 0 Å². The summed E-state index contributed by atoms with van der Waals surface area (Å²) in [6, 6.07) is 7.15. The number of nitrogens with zero attached hydrogens (tertiary/aromatic N) is 2. The van der Waals surface area contributed by atoms with Gasteiger partial charge in [0.05, 0.1) is 12.1 Å². The number of amides is 3. The van der Waals surface area contributed by atoms with Crippen molar-refractivity contribution in [3.05, 3.63) is 29.8 Å². The summed E-state index contributed by atoms with van der Waals surface area (Å²) in [6.45, 7) is 4.23. The third-order valence-corrected chi connectivity index (χ3v) is 6.43. The molecule has 3 amide bonds. The van der Waals surface area contributed by atoms with Crippen LogP contribution in [0.1, 0.15) is 76.7 Å². The maximum absolute atomic E-state index is 13.2. The Labute approximate surface area is 167 Å². The highest BCUT2D eigenvalue weighted by Gasteiger charge is 2.49. The van der Waals surface area contributed by atoms with E-state index in [0.29, 0.717) is 11.6 Å². The summed E-state index contributed by atoms with van der Waals surface area (Å²) < 4.78 is 0. The first-order valence-electron chi connectivity index (χ1n) is 10.8. The molecule has 150 valence electrons. The van der Waals surface area contributed by atoms with Crippen LogP contribution in [0, 0.1) is 5.92 Å². The molecular formula is C23H30N2O3. The van der Waals surface area contributed by atoms with Gasteiger partial charge in [-0.15, -0.1) is 0 Å². The molecule has 28 heavy (non-hydrogen) atoms. The Kier molecular flexibility index (Phi) is 5.26. The van der Waals surface area contributed by atoms with Gasteiger partial charge in [0, 0.05) is 12.0 Å². The third kappa shape index (κ3) is 3.59. The molecule has 0 aromatic heterocycles. The van der Waals surface area contributed by atoms with E-state index >= 15 is 0 Å². The standard InChI is InChI=1S/C23H30N2O3/c1-15(2)16-8-10-19(11-9-16)25-21(26)14-20(23(25)28)24(18-12-13-18)22(27)17-6-4-3-5-7-17/h8-11,15,17-18,20H,3-7,12-14H2,1-2H3. The third-order valence-electron chi connectivity index (χ3n) is 6.43. The van der Waals surface area contributed by atoms with E-state index in [9.17, 15) is 14.4 Å². The number of imide groups is 1. The van der Waals surface area contributed by atoms with Gasteiger partial charge in [-0.05, 0) is 49.3 Å². The van der Waals surface area contributed by atoms with E-state index in [-0.39, 0.29) is 36.1 Å². The van der Waals surface area contributed by atoms with Gasteiger partial charge in [0.1, 0.15) is 6.04 Å². The summed E-state index contributed by atoms with van der Waals surface area (Å²) in [4.78, 5) is 42.2. The summed E-state index contributed by atoms with van der Waals surface area (Å²) in [5, 5.41) is 0. The van der Waals surface area contributed by atoms with E-state index in [2.05, 4.69) is 13.8 Å². The zero-order valence-electron chi connectivity index (χ0n) is 16.9. The lowest BCUT2D eigenvalue weighted by Gasteiger charge is -2.32. The first-order chi connectivity index (χ1) is 13.5. The fraction of sp³-hybridized carbons (Fsp3) is 0.609. The average Bonchev–Trinajstić information content (AvgIpc) is 3.49. The predicted octanol–water partition coefficient (Wildman–Crippen LogP) is 4.01. The van der Waals surface area contributed by atoms with Crippen LogP contribution in [-0.2, 0) is 14.4 Å². The molecule has 1 aromatic rings. The Morgan fingerprint density at radius 1 is 1.00 bits per heavy atom. The largest absolute Gasteiger partial charge is 0.327 e. The van der Waals surface area contributed by atoms with Gasteiger partial charge in [-0.1, -0.05) is 45.2 Å². The molecule has 3 fully saturated rings. The van der Waals surface area contributed by atoms with Crippen LogP contribution in [0.25, 0.3) is 0 Å². The number of anilines is 1. The molecule has 5 heteroatoms. The fourth-order valence-electron chi connectivity index (χ4n) is 4.61. The van der Waals surface area contributed by atoms with E-state index in [4.69, 9.17) is 0 Å². The predicted molar refractivity (Wildman–Crippen MR) is 108 cm³/mol. The number of hydrogen-bond acceptors (Lipinski definition) is 3. The molecule has 1 unspecified atom stereocenters. The number of rotatable bonds is 5. The van der Waals surface area contributed by atoms with Crippen LogP contribution >= 0.6 is 0 Å². The van der Waals surface area contributed by atoms with Crippen molar-refractivity contribution in [1.82, 2.24) is 4.90 Å². The molecule has 0 radical (unpaired) electrons. The molecule has 5 nitrogen and oxygen atoms in total. The molecule has 1 saturated heterocycles. The molecular weight excluding hydrogens is 352 g/mol. The molecule has 1 aliphatic heterocycles. The van der Waals surface area contributed by atoms with Crippen molar-refractivity contribution in [2.75, 3.05) is 4.90 Å². The molecule has 0 spiro atoms. The average molecular weight is 383 g/mol. The maximum Gasteiger partial charge on any atom is 0.257 e. The normalized spacial score (nSPS) is 23.5. The van der Waals surface area contributed by atoms with Crippen molar-refractivity contribution in [2.45, 2.75) is 83.2 Å². The zero-order valence-corrected chi connectivity index (χ0v) is 16.9. The highest BCUT2D eigenvalue weighted by molar-refractivity contribution is 6.23. The second-order valence-electron chi connectivity index (χ2n) is 8.85. The van der Waals surface area contributed by atoms with Crippen LogP contribution in [0.5, 0.6) is 0 Å². The molecule has 1 atom stereocenters. The second kappa shape index (κ2) is 7.69. The minimum absolute atomic E-state index is 0.0247. The summed E-state index contributed by atoms with van der Waals surface area (Å²) >= 11 is 0. The first kappa shape index (κ1) is 19.2. The van der Waals surface area contributed by atoms with Gasteiger partial charge in [0.25, 0.3) is 5.91 Å². The van der Waals surface area contributed by atoms with E-state index < -0.39 is 6.04 Å². The van der Waals surface area contributed by atoms with Gasteiger partial charge in [-0.25, -0.2) is 4.90 Å². The molecule has 3 aliphatic rings. The summed E-state index contributed by atoms with van der Waals surface area (Å²) in [5.74, 6) is 0.0833. The molecule has 0 N–H and O–H groups in total. The first-order valence-corrected chi connectivity index (χ1v) is 10.8. The van der Waals surface area contributed by atoms with Crippen LogP contribution < -0.4 is 4.90 Å². The highest BCUT2D eigenvalue weighted by Crippen LogP contribution is 2.37. The Morgan fingerprint density at radius 2 is 1.64 bits per heavy atom. The van der Waals surface area contributed by atoms with E-state index in [1.54, 1.807) is 4.90 Å². The summed E-state index contributed by atoms with van der Waals surface area (Å²) in [6.07, 6.45) is 7.18. The zero-order chi connectivity index (χ0) is 19.8. The molecule has 2 saturated carbocycles. The Hall–Kier alpha value is -2.17. The lowest BCUT2D eigenvalue weighted by molar-refractivity contribution is -0.143. The molecule has 1 aromatic carbocycles. The van der Waals surface area contributed by atoms with Crippen molar-refractivity contribution in [3.63, 3.8) is 0 Å². The van der Waals surface area contributed by atoms with Gasteiger partial charge in [-0.2, -0.15) is 0 Å². The lowest BCUT2D eigenvalue weighted by atomic mass is 9.88. The molecule has 0 bridgehead atoms. The minimum atomic E-state index is -0.626. The summed E-state index contributed by atoms with van der Waals surface area (Å²) in [5.41, 5.74) is 1.79. The lowest BCUT2D eigenvalue weighted by Crippen LogP contribution is -2.49. The Balaban J connectivity index is 1.55. The van der Waals surface area contributed by atoms with Gasteiger partial charge in [-0.3, -0.25) is 14.4 Å². The molecule has 4 rings (SSSR count). The van der Waals surface area contributed by atoms with Gasteiger partial charge >= 0.3 is 0 Å². The fourth-order valence-corrected chi connectivity index (χ4v) is 4.61. The molecule has 2 aliphatic carbocycles. The van der Waals surface area contributed by atoms with Crippen molar-refractivity contribution in [1.29, 1.82) is 0 Å². The number of carbonyl (C=O) groups excluding carboxylic acids is 3. The van der Waals surface area contributed by atoms with Crippen molar-refractivity contribution in [3.8, 4) is 0 Å². The van der Waals surface area contributed by atoms with Gasteiger partial charge in [0.2, 0.25) is 11.8 Å². The second-order valence-corrected chi connectivity index (χ2v) is 8.85. The van der Waals surface area contributed by atoms with Gasteiger partial charge in [0.15, 0.2) is 0 Å². The van der Waals surface area contributed by atoms with E-state index in [1.807, 2.05) is 24.3 Å². The number of carbonyl (C=O) groups is 3. The monoisotopic (exact) mass is 382 g/mol. The Morgan fingerprint density at radius 3 is 2.21 bits per heavy atom. The number of hydrogen-bond donors (Lipinski definition) is 0. The van der Waals surface area contributed by atoms with Crippen molar-refractivity contribution >= 4 is 23.4 Å². The quantitative estimate of drug-likeness (QED) is 0.723. The van der Waals surface area contributed by atoms with E-state index in [0.717, 1.165) is 38.5 Å². The van der Waals surface area contributed by atoms with Crippen molar-refractivity contribution in [2.24, 2.45) is 5.92 Å². The van der Waals surface area contributed by atoms with E-state index in [1.165, 1.54) is 16.9 Å². The highest BCUT2D eigenvalue weighted by atomic mass is 16.2. The van der Waals surface area contributed by atoms with Crippen LogP contribution in [0.15, 0.2) is 24.3 Å². The van der Waals surface area contributed by atoms with Crippen LogP contribution in [0.4, 0.5) is 5.69 Å². The van der Waals surface area contributed by atoms with Crippen LogP contribution in [0.3, 0.4) is 0 Å². The van der Waals surface area contributed by atoms with Crippen molar-refractivity contribution < 1.29 is 14.4 Å². The summed E-state index contributed by atoms with van der Waals surface area (Å²) in [7, 11) is 0.